The summed E-state index contributed by atoms with van der Waals surface area (Å²) in [6.45, 7) is 4.56. The number of nitrogens with zero attached hydrogens (tertiary/aromatic N) is 3. The first-order valence-electron chi connectivity index (χ1n) is 15.7. The number of carboxylic acid groups (broad SMARTS) is 1. The second-order valence-electron chi connectivity index (χ2n) is 11.6. The summed E-state index contributed by atoms with van der Waals surface area (Å²) in [5.41, 5.74) is 6.31. The van der Waals surface area contributed by atoms with Crippen molar-refractivity contribution in [3.63, 3.8) is 0 Å². The smallest absolute Gasteiger partial charge is 0.402 e. The number of carbonyl (C=O) groups excluding carboxylic acids is 1. The van der Waals surface area contributed by atoms with Crippen molar-refractivity contribution in [3.05, 3.63) is 53.1 Å². The molecule has 0 unspecified atom stereocenters. The Morgan fingerprint density at radius 3 is 2.09 bits per heavy atom. The Labute approximate surface area is 267 Å². The number of nitrogens with two attached hydrogens (primary N) is 1. The highest BCUT2D eigenvalue weighted by Crippen LogP contribution is 2.40. The zero-order chi connectivity index (χ0) is 32.1. The van der Waals surface area contributed by atoms with Crippen LogP contribution in [0, 0.1) is 0 Å². The number of hydrogen-bond donors (Lipinski definition) is 3. The van der Waals surface area contributed by atoms with Crippen molar-refractivity contribution in [1.82, 2.24) is 14.5 Å². The molecule has 44 heavy (non-hydrogen) atoms. The fourth-order valence-electron chi connectivity index (χ4n) is 5.66. The van der Waals surface area contributed by atoms with Crippen molar-refractivity contribution in [1.29, 1.82) is 0 Å². The van der Waals surface area contributed by atoms with Gasteiger partial charge in [0, 0.05) is 50.0 Å². The molecule has 5 rings (SSSR count). The van der Waals surface area contributed by atoms with Gasteiger partial charge in [0.2, 0.25) is 10.0 Å². The Hall–Kier alpha value is -3.02. The Bertz CT molecular complexity index is 1300. The van der Waals surface area contributed by atoms with Gasteiger partial charge in [-0.05, 0) is 68.9 Å². The second kappa shape index (κ2) is 17.5. The minimum Gasteiger partial charge on any atom is -0.465 e. The van der Waals surface area contributed by atoms with Gasteiger partial charge in [-0.15, -0.1) is 0 Å². The molecule has 2 heterocycles. The summed E-state index contributed by atoms with van der Waals surface area (Å²) in [6, 6.07) is 13.0. The van der Waals surface area contributed by atoms with E-state index in [9.17, 15) is 13.2 Å². The van der Waals surface area contributed by atoms with Gasteiger partial charge in [-0.25, -0.2) is 18.0 Å². The summed E-state index contributed by atoms with van der Waals surface area (Å²) >= 11 is 6.67. The van der Waals surface area contributed by atoms with Crippen LogP contribution < -0.4 is 16.0 Å². The van der Waals surface area contributed by atoms with Gasteiger partial charge in [0.1, 0.15) is 4.90 Å². The Kier molecular flexibility index (Phi) is 14.1. The van der Waals surface area contributed by atoms with E-state index in [1.165, 1.54) is 49.3 Å². The summed E-state index contributed by atoms with van der Waals surface area (Å²) in [6.07, 6.45) is 12.2. The van der Waals surface area contributed by atoms with E-state index in [-0.39, 0.29) is 17.0 Å². The maximum atomic E-state index is 13.5. The van der Waals surface area contributed by atoms with Crippen molar-refractivity contribution in [3.8, 4) is 0 Å². The lowest BCUT2D eigenvalue weighted by Gasteiger charge is -2.27. The van der Waals surface area contributed by atoms with E-state index in [0.717, 1.165) is 37.2 Å². The van der Waals surface area contributed by atoms with E-state index >= 15 is 0 Å². The van der Waals surface area contributed by atoms with Gasteiger partial charge < -0.3 is 26.0 Å². The molecule has 2 aromatic carbocycles. The number of fused-ring (bicyclic) bond motifs is 1. The first kappa shape index (κ1) is 35.5. The highest BCUT2D eigenvalue weighted by atomic mass is 35.5. The molecular weight excluding hydrogens is 602 g/mol. The van der Waals surface area contributed by atoms with Gasteiger partial charge in [0.25, 0.3) is 0 Å². The lowest BCUT2D eigenvalue weighted by Crippen LogP contribution is -2.43. The molecule has 3 amide bonds. The van der Waals surface area contributed by atoms with Gasteiger partial charge in [-0.3, -0.25) is 0 Å². The first-order chi connectivity index (χ1) is 21.0. The number of para-hydroxylation sites is 1. The summed E-state index contributed by atoms with van der Waals surface area (Å²) in [5.74, 6) is 0. The fourth-order valence-corrected chi connectivity index (χ4v) is 7.49. The molecule has 0 aromatic heterocycles. The highest BCUT2D eigenvalue weighted by Gasteiger charge is 2.35. The second-order valence-corrected chi connectivity index (χ2v) is 13.9. The van der Waals surface area contributed by atoms with Gasteiger partial charge in [-0.1, -0.05) is 68.3 Å². The number of rotatable bonds is 5. The predicted molar refractivity (Wildman–Crippen MR) is 176 cm³/mol. The molecule has 244 valence electrons. The van der Waals surface area contributed by atoms with Crippen LogP contribution in [0.3, 0.4) is 0 Å². The first-order valence-corrected chi connectivity index (χ1v) is 17.5. The molecule has 2 fully saturated rings. The van der Waals surface area contributed by atoms with E-state index in [2.05, 4.69) is 11.1 Å². The number of primary amides is 1. The molecule has 1 saturated heterocycles. The average molecular weight is 650 g/mol. The van der Waals surface area contributed by atoms with Crippen molar-refractivity contribution >= 4 is 45.1 Å². The number of likely N-dealkylation sites (tertiary alicyclic amines) is 1. The van der Waals surface area contributed by atoms with Crippen LogP contribution >= 0.6 is 11.6 Å². The van der Waals surface area contributed by atoms with Crippen LogP contribution in [0.1, 0.15) is 76.7 Å². The van der Waals surface area contributed by atoms with Crippen LogP contribution in [0.25, 0.3) is 0 Å². The van der Waals surface area contributed by atoms with Crippen LogP contribution in [-0.2, 0) is 16.4 Å². The maximum absolute atomic E-state index is 13.5. The SMILES string of the molecule is C1CCCCC1.C[C@@H]1CN(c2ccccc2)c2cc(Cl)c(CCCNC(=O)N3CCCCC3)cc2S(=O)(=O)N1C.NC(=O)O. The number of sulfonamides is 1. The highest BCUT2D eigenvalue weighted by molar-refractivity contribution is 7.89. The number of piperidine rings is 1. The minimum atomic E-state index is -3.69. The van der Waals surface area contributed by atoms with E-state index in [1.807, 2.05) is 47.1 Å². The molecule has 0 radical (unpaired) electrons. The molecule has 4 N–H and O–H groups in total. The van der Waals surface area contributed by atoms with Gasteiger partial charge in [0.05, 0.1) is 5.69 Å². The van der Waals surface area contributed by atoms with Crippen LogP contribution in [0.4, 0.5) is 21.0 Å². The lowest BCUT2D eigenvalue weighted by molar-refractivity contribution is 0.186. The minimum absolute atomic E-state index is 0.0237. The molecule has 10 nitrogen and oxygen atoms in total. The molecule has 0 spiro atoms. The normalized spacial score (nSPS) is 19.7. The topological polar surface area (TPSA) is 136 Å². The summed E-state index contributed by atoms with van der Waals surface area (Å²) in [7, 11) is -2.06. The fraction of sp³-hybridized carbons (Fsp3) is 0.562. The van der Waals surface area contributed by atoms with Crippen molar-refractivity contribution < 1.29 is 23.1 Å². The summed E-state index contributed by atoms with van der Waals surface area (Å²) < 4.78 is 28.4. The van der Waals surface area contributed by atoms with Crippen LogP contribution in [-0.4, -0.2) is 74.1 Å². The Morgan fingerprint density at radius 1 is 0.977 bits per heavy atom. The molecule has 1 saturated carbocycles. The molecule has 12 heteroatoms. The largest absolute Gasteiger partial charge is 0.465 e. The summed E-state index contributed by atoms with van der Waals surface area (Å²) in [4.78, 5) is 25.3. The number of hydrogen-bond acceptors (Lipinski definition) is 5. The quantitative estimate of drug-likeness (QED) is 0.313. The average Bonchev–Trinajstić information content (AvgIpc) is 3.09. The number of likely N-dealkylation sites (N-methyl/N-ethyl adjacent to an activating group) is 1. The van der Waals surface area contributed by atoms with Crippen molar-refractivity contribution in [2.24, 2.45) is 5.73 Å². The Balaban J connectivity index is 0.000000452. The standard InChI is InChI=1S/C25H33ClN4O3S.C6H12.CH3NO2/c1-19-18-30(21-11-5-3-6-12-21)23-17-22(26)20(16-24(23)34(32,33)28(19)2)10-9-13-27-25(31)29-14-7-4-8-15-29;1-2-4-6-5-3-1;2-1(3)4/h3,5-6,11-12,16-17,19H,4,7-10,13-15,18H2,1-2H3,(H,27,31);1-6H2;2H2,(H,3,4)/t19-;;/m1../s1. The molecule has 0 bridgehead atoms. The van der Waals surface area contributed by atoms with Crippen LogP contribution in [0.15, 0.2) is 47.4 Å². The number of halogens is 1. The lowest BCUT2D eigenvalue weighted by atomic mass is 10.0. The van der Waals surface area contributed by atoms with E-state index in [1.54, 1.807) is 19.2 Å². The van der Waals surface area contributed by atoms with E-state index in [0.29, 0.717) is 36.6 Å². The van der Waals surface area contributed by atoms with Crippen molar-refractivity contribution in [2.45, 2.75) is 88.5 Å². The summed E-state index contributed by atoms with van der Waals surface area (Å²) in [5, 5.41) is 10.7. The monoisotopic (exact) mass is 649 g/mol. The zero-order valence-electron chi connectivity index (χ0n) is 26.0. The molecular formula is C32H48ClN5O5S. The van der Waals surface area contributed by atoms with Gasteiger partial charge in [0.15, 0.2) is 0 Å². The molecule has 2 aliphatic heterocycles. The molecule has 2 aromatic rings. The number of benzene rings is 2. The number of anilines is 2. The van der Waals surface area contributed by atoms with Crippen LogP contribution in [0.5, 0.6) is 0 Å². The van der Waals surface area contributed by atoms with Crippen LogP contribution in [0.2, 0.25) is 5.02 Å². The third kappa shape index (κ3) is 10.3. The Morgan fingerprint density at radius 2 is 1.52 bits per heavy atom. The number of nitrogens with one attached hydrogen (secondary N) is 1. The molecule has 3 aliphatic rings. The van der Waals surface area contributed by atoms with Crippen molar-refractivity contribution in [2.75, 3.05) is 38.1 Å². The van der Waals surface area contributed by atoms with Gasteiger partial charge in [-0.2, -0.15) is 4.31 Å². The third-order valence-electron chi connectivity index (χ3n) is 8.25. The predicted octanol–water partition coefficient (Wildman–Crippen LogP) is 6.59. The number of urea groups is 1. The number of aryl methyl sites for hydroxylation is 1. The third-order valence-corrected chi connectivity index (χ3v) is 10.6. The van der Waals surface area contributed by atoms with E-state index in [4.69, 9.17) is 21.5 Å². The van der Waals surface area contributed by atoms with Gasteiger partial charge >= 0.3 is 12.1 Å². The number of amides is 3. The number of carbonyl (C=O) groups is 2. The molecule has 1 atom stereocenters. The van der Waals surface area contributed by atoms with E-state index < -0.39 is 16.1 Å². The maximum Gasteiger partial charge on any atom is 0.402 e. The zero-order valence-corrected chi connectivity index (χ0v) is 27.6. The molecule has 1 aliphatic carbocycles.